The minimum absolute atomic E-state index is 0.160. The molecule has 3 nitrogen and oxygen atoms in total. The molecule has 0 unspecified atom stereocenters. The molecule has 0 bridgehead atoms. The van der Waals surface area contributed by atoms with Crippen molar-refractivity contribution in [3.8, 4) is 0 Å². The highest BCUT2D eigenvalue weighted by Gasteiger charge is 2.54. The zero-order chi connectivity index (χ0) is 14.9. The first-order valence-corrected chi connectivity index (χ1v) is 7.02. The molecule has 106 valence electrons. The molecule has 0 aromatic heterocycles. The van der Waals surface area contributed by atoms with Gasteiger partial charge < -0.3 is 4.74 Å². The summed E-state index contributed by atoms with van der Waals surface area (Å²) < 4.78 is 5.58. The van der Waals surface area contributed by atoms with Gasteiger partial charge in [-0.05, 0) is 0 Å². The van der Waals surface area contributed by atoms with Crippen molar-refractivity contribution in [2.75, 3.05) is 0 Å². The van der Waals surface area contributed by atoms with E-state index in [0.717, 1.165) is 5.56 Å². The molecule has 1 aliphatic heterocycles. The van der Waals surface area contributed by atoms with E-state index in [1.54, 1.807) is 12.1 Å². The van der Waals surface area contributed by atoms with E-state index in [1.165, 1.54) is 0 Å². The Bertz CT molecular complexity index is 663. The van der Waals surface area contributed by atoms with E-state index >= 15 is 0 Å². The monoisotopic (exact) mass is 280 g/mol. The first kappa shape index (κ1) is 13.6. The highest BCUT2D eigenvalue weighted by atomic mass is 16.6. The normalized spacial score (nSPS) is 24.6. The predicted molar refractivity (Wildman–Crippen MR) is 78.8 cm³/mol. The average molecular weight is 280 g/mol. The van der Waals surface area contributed by atoms with Gasteiger partial charge in [-0.15, -0.1) is 0 Å². The molecule has 3 rings (SSSR count). The lowest BCUT2D eigenvalue weighted by Gasteiger charge is -2.30. The summed E-state index contributed by atoms with van der Waals surface area (Å²) in [6, 6.07) is 18.3. The maximum Gasteiger partial charge on any atom is 0.307 e. The molecule has 1 aliphatic rings. The third-order valence-electron chi connectivity index (χ3n) is 4.02. The number of benzene rings is 2. The third kappa shape index (κ3) is 2.15. The quantitative estimate of drug-likeness (QED) is 0.639. The van der Waals surface area contributed by atoms with Gasteiger partial charge in [0.05, 0.1) is 6.42 Å². The van der Waals surface area contributed by atoms with Crippen molar-refractivity contribution in [3.05, 3.63) is 71.8 Å². The summed E-state index contributed by atoms with van der Waals surface area (Å²) in [5, 5.41) is 0. The molecule has 2 atom stereocenters. The third-order valence-corrected chi connectivity index (χ3v) is 4.02. The fourth-order valence-electron chi connectivity index (χ4n) is 2.95. The van der Waals surface area contributed by atoms with E-state index < -0.39 is 5.60 Å². The van der Waals surface area contributed by atoms with Crippen molar-refractivity contribution in [3.63, 3.8) is 0 Å². The SMILES string of the molecule is C[C@@H]1CC(=O)O[C@]1(C(=O)c1ccccc1)c1ccccc1. The van der Waals surface area contributed by atoms with Crippen LogP contribution in [0.2, 0.25) is 0 Å². The number of ether oxygens (including phenoxy) is 1. The fourth-order valence-corrected chi connectivity index (χ4v) is 2.95. The van der Waals surface area contributed by atoms with Gasteiger partial charge in [0, 0.05) is 17.0 Å². The second kappa shape index (κ2) is 5.17. The number of rotatable bonds is 3. The van der Waals surface area contributed by atoms with Gasteiger partial charge in [-0.2, -0.15) is 0 Å². The maximum atomic E-state index is 13.0. The molecule has 0 spiro atoms. The summed E-state index contributed by atoms with van der Waals surface area (Å²) in [6.45, 7) is 1.89. The standard InChI is InChI=1S/C18H16O3/c1-13-12-16(19)21-18(13,15-10-6-3-7-11-15)17(20)14-8-4-2-5-9-14/h2-11,13H,12H2,1H3/t13-,18+/m1/s1. The molecular weight excluding hydrogens is 264 g/mol. The number of esters is 1. The molecule has 3 heteroatoms. The maximum absolute atomic E-state index is 13.0. The molecular formula is C18H16O3. The fraction of sp³-hybridized carbons (Fsp3) is 0.222. The van der Waals surface area contributed by atoms with E-state index in [2.05, 4.69) is 0 Å². The van der Waals surface area contributed by atoms with Crippen molar-refractivity contribution >= 4 is 11.8 Å². The Morgan fingerprint density at radius 3 is 2.14 bits per heavy atom. The van der Waals surface area contributed by atoms with Crippen LogP contribution in [0.15, 0.2) is 60.7 Å². The van der Waals surface area contributed by atoms with Gasteiger partial charge in [-0.3, -0.25) is 9.59 Å². The van der Waals surface area contributed by atoms with Crippen molar-refractivity contribution in [1.29, 1.82) is 0 Å². The second-order valence-electron chi connectivity index (χ2n) is 5.38. The first-order valence-electron chi connectivity index (χ1n) is 7.02. The molecule has 0 N–H and O–H groups in total. The largest absolute Gasteiger partial charge is 0.445 e. The molecule has 2 aromatic rings. The predicted octanol–water partition coefficient (Wildman–Crippen LogP) is 3.35. The Morgan fingerprint density at radius 1 is 1.05 bits per heavy atom. The number of carbonyl (C=O) groups is 2. The van der Waals surface area contributed by atoms with E-state index in [4.69, 9.17) is 4.74 Å². The minimum Gasteiger partial charge on any atom is -0.445 e. The zero-order valence-electron chi connectivity index (χ0n) is 11.8. The van der Waals surface area contributed by atoms with Crippen molar-refractivity contribution < 1.29 is 14.3 Å². The smallest absolute Gasteiger partial charge is 0.307 e. The van der Waals surface area contributed by atoms with E-state index in [-0.39, 0.29) is 24.1 Å². The average Bonchev–Trinajstić information content (AvgIpc) is 2.84. The van der Waals surface area contributed by atoms with E-state index in [1.807, 2.05) is 55.5 Å². The summed E-state index contributed by atoms with van der Waals surface area (Å²) >= 11 is 0. The number of hydrogen-bond donors (Lipinski definition) is 0. The van der Waals surface area contributed by atoms with Crippen LogP contribution in [0.5, 0.6) is 0 Å². The van der Waals surface area contributed by atoms with Gasteiger partial charge >= 0.3 is 5.97 Å². The molecule has 2 aromatic carbocycles. The molecule has 21 heavy (non-hydrogen) atoms. The van der Waals surface area contributed by atoms with Gasteiger partial charge in [0.2, 0.25) is 11.4 Å². The van der Waals surface area contributed by atoms with Crippen LogP contribution >= 0.6 is 0 Å². The van der Waals surface area contributed by atoms with E-state index in [9.17, 15) is 9.59 Å². The summed E-state index contributed by atoms with van der Waals surface area (Å²) in [7, 11) is 0. The Kier molecular flexibility index (Phi) is 3.34. The summed E-state index contributed by atoms with van der Waals surface area (Å²) in [5.74, 6) is -0.677. The lowest BCUT2D eigenvalue weighted by Crippen LogP contribution is -2.40. The molecule has 1 fully saturated rings. The molecule has 1 saturated heterocycles. The molecule has 0 aliphatic carbocycles. The Labute approximate surface area is 123 Å². The Morgan fingerprint density at radius 2 is 1.62 bits per heavy atom. The van der Waals surface area contributed by atoms with Gasteiger partial charge in [-0.25, -0.2) is 0 Å². The van der Waals surface area contributed by atoms with Gasteiger partial charge in [-0.1, -0.05) is 67.6 Å². The number of carbonyl (C=O) groups excluding carboxylic acids is 2. The topological polar surface area (TPSA) is 43.4 Å². The van der Waals surface area contributed by atoms with Gasteiger partial charge in [0.1, 0.15) is 0 Å². The summed E-state index contributed by atoms with van der Waals surface area (Å²) in [5.41, 5.74) is 0.0831. The van der Waals surface area contributed by atoms with Crippen LogP contribution in [0, 0.1) is 5.92 Å². The number of hydrogen-bond acceptors (Lipinski definition) is 3. The van der Waals surface area contributed by atoms with Gasteiger partial charge in [0.15, 0.2) is 0 Å². The lowest BCUT2D eigenvalue weighted by atomic mass is 9.77. The molecule has 0 amide bonds. The van der Waals surface area contributed by atoms with Crippen LogP contribution in [0.3, 0.4) is 0 Å². The van der Waals surface area contributed by atoms with Gasteiger partial charge in [0.25, 0.3) is 0 Å². The minimum atomic E-state index is -1.21. The molecule has 1 heterocycles. The second-order valence-corrected chi connectivity index (χ2v) is 5.38. The first-order chi connectivity index (χ1) is 10.1. The number of cyclic esters (lactones) is 1. The van der Waals surface area contributed by atoms with Crippen LogP contribution in [0.25, 0.3) is 0 Å². The van der Waals surface area contributed by atoms with Crippen LogP contribution in [-0.2, 0) is 15.1 Å². The van der Waals surface area contributed by atoms with Crippen LogP contribution in [-0.4, -0.2) is 11.8 Å². The van der Waals surface area contributed by atoms with Crippen LogP contribution in [0.4, 0.5) is 0 Å². The van der Waals surface area contributed by atoms with Crippen molar-refractivity contribution in [1.82, 2.24) is 0 Å². The Balaban J connectivity index is 2.14. The van der Waals surface area contributed by atoms with E-state index in [0.29, 0.717) is 5.56 Å². The highest BCUT2D eigenvalue weighted by Crippen LogP contribution is 2.44. The number of Topliss-reactive ketones (excluding diaryl/α,β-unsaturated/α-hetero) is 1. The zero-order valence-corrected chi connectivity index (χ0v) is 11.8. The highest BCUT2D eigenvalue weighted by molar-refractivity contribution is 6.05. The van der Waals surface area contributed by atoms with Crippen LogP contribution < -0.4 is 0 Å². The molecule has 0 saturated carbocycles. The summed E-state index contributed by atoms with van der Waals surface area (Å²) in [6.07, 6.45) is 0.257. The number of ketones is 1. The van der Waals surface area contributed by atoms with Crippen molar-refractivity contribution in [2.45, 2.75) is 18.9 Å². The summed E-state index contributed by atoms with van der Waals surface area (Å²) in [4.78, 5) is 24.9. The van der Waals surface area contributed by atoms with Crippen LogP contribution in [0.1, 0.15) is 29.3 Å². The Hall–Kier alpha value is -2.42. The molecule has 0 radical (unpaired) electrons. The van der Waals surface area contributed by atoms with Crippen molar-refractivity contribution in [2.24, 2.45) is 5.92 Å². The lowest BCUT2D eigenvalue weighted by molar-refractivity contribution is -0.146.